The van der Waals surface area contributed by atoms with Gasteiger partial charge in [0.2, 0.25) is 0 Å². The van der Waals surface area contributed by atoms with Crippen molar-refractivity contribution in [2.24, 2.45) is 5.73 Å². The van der Waals surface area contributed by atoms with Gasteiger partial charge in [-0.05, 0) is 43.4 Å². The Bertz CT molecular complexity index is 528. The molecule has 0 heterocycles. The maximum Gasteiger partial charge on any atom is 0.127 e. The lowest BCUT2D eigenvalue weighted by atomic mass is 10.1. The molecule has 1 atom stereocenters. The first-order valence-electron chi connectivity index (χ1n) is 6.97. The Labute approximate surface area is 121 Å². The Balaban J connectivity index is 2.19. The predicted octanol–water partition coefficient (Wildman–Crippen LogP) is 3.43. The van der Waals surface area contributed by atoms with E-state index in [-0.39, 0.29) is 6.04 Å². The summed E-state index contributed by atoms with van der Waals surface area (Å²) in [5.74, 6) is 1.69. The topological polar surface area (TPSA) is 38.5 Å². The van der Waals surface area contributed by atoms with Crippen LogP contribution in [0.4, 0.5) is 0 Å². The van der Waals surface area contributed by atoms with Crippen LogP contribution in [0, 0.1) is 0 Å². The molecule has 0 saturated heterocycles. The van der Waals surface area contributed by atoms with E-state index in [1.165, 1.54) is 5.56 Å². The molecule has 0 bridgehead atoms. The molecule has 0 aromatic heterocycles. The average molecular weight is 270 g/mol. The second-order valence-corrected chi connectivity index (χ2v) is 4.81. The van der Waals surface area contributed by atoms with E-state index in [9.17, 15) is 0 Å². The van der Waals surface area contributed by atoms with Gasteiger partial charge < -0.3 is 10.5 Å². The zero-order valence-corrected chi connectivity index (χ0v) is 12.1. The van der Waals surface area contributed by atoms with Crippen molar-refractivity contribution in [3.63, 3.8) is 0 Å². The van der Waals surface area contributed by atoms with Crippen molar-refractivity contribution in [1.82, 2.24) is 4.90 Å². The number of nitrogens with zero attached hydrogens (tertiary/aromatic N) is 1. The molecule has 0 aliphatic carbocycles. The molecule has 1 unspecified atom stereocenters. The van der Waals surface area contributed by atoms with Crippen molar-refractivity contribution in [3.8, 4) is 11.5 Å². The summed E-state index contributed by atoms with van der Waals surface area (Å²) in [6.45, 7) is 3.69. The Morgan fingerprint density at radius 2 is 1.75 bits per heavy atom. The molecule has 0 aliphatic rings. The molecule has 0 radical (unpaired) electrons. The minimum Gasteiger partial charge on any atom is -0.457 e. The third kappa shape index (κ3) is 3.59. The first kappa shape index (κ1) is 14.6. The van der Waals surface area contributed by atoms with E-state index in [1.54, 1.807) is 0 Å². The second kappa shape index (κ2) is 7.08. The van der Waals surface area contributed by atoms with Crippen molar-refractivity contribution < 1.29 is 4.74 Å². The first-order valence-corrected chi connectivity index (χ1v) is 6.97. The summed E-state index contributed by atoms with van der Waals surface area (Å²) in [5, 5.41) is 0. The molecule has 106 valence electrons. The molecule has 0 amide bonds. The van der Waals surface area contributed by atoms with Gasteiger partial charge in [-0.2, -0.15) is 0 Å². The zero-order chi connectivity index (χ0) is 14.4. The molecule has 2 N–H and O–H groups in total. The fourth-order valence-electron chi connectivity index (χ4n) is 2.20. The molecule has 0 fully saturated rings. The lowest BCUT2D eigenvalue weighted by Crippen LogP contribution is -2.30. The summed E-state index contributed by atoms with van der Waals surface area (Å²) in [5.41, 5.74) is 7.09. The lowest BCUT2D eigenvalue weighted by molar-refractivity contribution is 0.263. The van der Waals surface area contributed by atoms with Gasteiger partial charge in [-0.25, -0.2) is 0 Å². The number of hydrogen-bond acceptors (Lipinski definition) is 3. The quantitative estimate of drug-likeness (QED) is 0.874. The summed E-state index contributed by atoms with van der Waals surface area (Å²) in [6.07, 6.45) is 0. The van der Waals surface area contributed by atoms with Gasteiger partial charge in [0, 0.05) is 12.6 Å². The number of nitrogens with two attached hydrogens (primary N) is 1. The summed E-state index contributed by atoms with van der Waals surface area (Å²) in [6, 6.07) is 18.2. The van der Waals surface area contributed by atoms with E-state index < -0.39 is 0 Å². The minimum atomic E-state index is 0.222. The van der Waals surface area contributed by atoms with Crippen LogP contribution in [-0.2, 0) is 0 Å². The van der Waals surface area contributed by atoms with Crippen LogP contribution in [0.2, 0.25) is 0 Å². The third-order valence-corrected chi connectivity index (χ3v) is 3.48. The highest BCUT2D eigenvalue weighted by Crippen LogP contribution is 2.26. The number of benzene rings is 2. The molecule has 2 rings (SSSR count). The Morgan fingerprint density at radius 1 is 1.05 bits per heavy atom. The van der Waals surface area contributed by atoms with Gasteiger partial charge in [-0.1, -0.05) is 37.3 Å². The predicted molar refractivity (Wildman–Crippen MR) is 83.1 cm³/mol. The van der Waals surface area contributed by atoms with Crippen LogP contribution in [0.5, 0.6) is 11.5 Å². The third-order valence-electron chi connectivity index (χ3n) is 3.48. The first-order chi connectivity index (χ1) is 9.74. The average Bonchev–Trinajstić information content (AvgIpc) is 2.49. The molecule has 3 heteroatoms. The molecule has 0 aliphatic heterocycles. The number of ether oxygens (including phenoxy) is 1. The summed E-state index contributed by atoms with van der Waals surface area (Å²) in [4.78, 5) is 2.24. The van der Waals surface area contributed by atoms with Crippen LogP contribution in [0.1, 0.15) is 18.5 Å². The lowest BCUT2D eigenvalue weighted by Gasteiger charge is -2.26. The smallest absolute Gasteiger partial charge is 0.127 e. The molecule has 0 saturated carbocycles. The van der Waals surface area contributed by atoms with Gasteiger partial charge in [0.05, 0.1) is 0 Å². The summed E-state index contributed by atoms with van der Waals surface area (Å²) < 4.78 is 5.87. The highest BCUT2D eigenvalue weighted by atomic mass is 16.5. The number of hydrogen-bond donors (Lipinski definition) is 1. The van der Waals surface area contributed by atoms with Crippen LogP contribution < -0.4 is 10.5 Å². The number of para-hydroxylation sites is 1. The SMILES string of the molecule is CCN(C)C(CN)c1cccc(Oc2ccccc2)c1. The van der Waals surface area contributed by atoms with Crippen LogP contribution in [-0.4, -0.2) is 25.0 Å². The van der Waals surface area contributed by atoms with E-state index in [4.69, 9.17) is 10.5 Å². The maximum atomic E-state index is 5.90. The Kier molecular flexibility index (Phi) is 5.16. The van der Waals surface area contributed by atoms with Gasteiger partial charge in [-0.15, -0.1) is 0 Å². The van der Waals surface area contributed by atoms with Gasteiger partial charge in [0.15, 0.2) is 0 Å². The normalized spacial score (nSPS) is 12.4. The highest BCUT2D eigenvalue weighted by molar-refractivity contribution is 5.35. The van der Waals surface area contributed by atoms with Crippen molar-refractivity contribution >= 4 is 0 Å². The van der Waals surface area contributed by atoms with Crippen molar-refractivity contribution in [3.05, 3.63) is 60.2 Å². The highest BCUT2D eigenvalue weighted by Gasteiger charge is 2.14. The van der Waals surface area contributed by atoms with E-state index >= 15 is 0 Å². The summed E-state index contributed by atoms with van der Waals surface area (Å²) in [7, 11) is 2.09. The number of rotatable bonds is 6. The summed E-state index contributed by atoms with van der Waals surface area (Å²) >= 11 is 0. The van der Waals surface area contributed by atoms with Gasteiger partial charge in [0.25, 0.3) is 0 Å². The fourth-order valence-corrected chi connectivity index (χ4v) is 2.20. The van der Waals surface area contributed by atoms with Crippen molar-refractivity contribution in [2.75, 3.05) is 20.1 Å². The van der Waals surface area contributed by atoms with Crippen molar-refractivity contribution in [2.45, 2.75) is 13.0 Å². The van der Waals surface area contributed by atoms with E-state index in [1.807, 2.05) is 42.5 Å². The maximum absolute atomic E-state index is 5.90. The van der Waals surface area contributed by atoms with Crippen LogP contribution in [0.15, 0.2) is 54.6 Å². The molecule has 20 heavy (non-hydrogen) atoms. The molecule has 2 aromatic carbocycles. The molecule has 3 nitrogen and oxygen atoms in total. The van der Waals surface area contributed by atoms with Crippen LogP contribution in [0.3, 0.4) is 0 Å². The zero-order valence-electron chi connectivity index (χ0n) is 12.1. The monoisotopic (exact) mass is 270 g/mol. The van der Waals surface area contributed by atoms with Crippen LogP contribution in [0.25, 0.3) is 0 Å². The molecular weight excluding hydrogens is 248 g/mol. The minimum absolute atomic E-state index is 0.222. The Morgan fingerprint density at radius 3 is 2.40 bits per heavy atom. The van der Waals surface area contributed by atoms with Gasteiger partial charge in [-0.3, -0.25) is 4.90 Å². The standard InChI is InChI=1S/C17H22N2O/c1-3-19(2)17(13-18)14-8-7-11-16(12-14)20-15-9-5-4-6-10-15/h4-12,17H,3,13,18H2,1-2H3. The largest absolute Gasteiger partial charge is 0.457 e. The second-order valence-electron chi connectivity index (χ2n) is 4.81. The Hall–Kier alpha value is -1.84. The van der Waals surface area contributed by atoms with E-state index in [2.05, 4.69) is 31.0 Å². The van der Waals surface area contributed by atoms with Gasteiger partial charge in [0.1, 0.15) is 11.5 Å². The van der Waals surface area contributed by atoms with E-state index in [0.29, 0.717) is 6.54 Å². The van der Waals surface area contributed by atoms with Crippen molar-refractivity contribution in [1.29, 1.82) is 0 Å². The van der Waals surface area contributed by atoms with E-state index in [0.717, 1.165) is 18.0 Å². The molecule has 0 spiro atoms. The molecular formula is C17H22N2O. The van der Waals surface area contributed by atoms with Crippen LogP contribution >= 0.6 is 0 Å². The molecule has 2 aromatic rings. The van der Waals surface area contributed by atoms with Gasteiger partial charge >= 0.3 is 0 Å². The number of likely N-dealkylation sites (N-methyl/N-ethyl adjacent to an activating group) is 1. The fraction of sp³-hybridized carbons (Fsp3) is 0.294.